The number of aromatic amines is 1. The lowest BCUT2D eigenvalue weighted by Crippen LogP contribution is -2.48. The van der Waals surface area contributed by atoms with Crippen molar-refractivity contribution in [2.75, 3.05) is 19.6 Å². The molecule has 24 heavy (non-hydrogen) atoms. The molecule has 2 saturated heterocycles. The van der Waals surface area contributed by atoms with Crippen molar-refractivity contribution in [2.24, 2.45) is 5.41 Å². The quantitative estimate of drug-likeness (QED) is 0.806. The van der Waals surface area contributed by atoms with E-state index in [2.05, 4.69) is 10.3 Å². The predicted molar refractivity (Wildman–Crippen MR) is 88.9 cm³/mol. The Morgan fingerprint density at radius 1 is 1.12 bits per heavy atom. The molecule has 0 unspecified atom stereocenters. The van der Waals surface area contributed by atoms with Gasteiger partial charge in [-0.15, -0.1) is 0 Å². The number of carbonyl (C=O) groups is 2. The maximum atomic E-state index is 12.9. The predicted octanol–water partition coefficient (Wildman–Crippen LogP) is 0.996. The minimum atomic E-state index is -0.450. The number of fused-ring (bicyclic) bond motifs is 1. The van der Waals surface area contributed by atoms with E-state index in [1.54, 1.807) is 11.0 Å². The van der Waals surface area contributed by atoms with Crippen molar-refractivity contribution >= 4 is 11.8 Å². The van der Waals surface area contributed by atoms with E-state index in [1.165, 1.54) is 0 Å². The largest absolute Gasteiger partial charge is 0.356 e. The summed E-state index contributed by atoms with van der Waals surface area (Å²) in [6.07, 6.45) is 6.44. The molecular formula is C18H23N3O3. The number of aryl methyl sites for hydroxylation is 2. The summed E-state index contributed by atoms with van der Waals surface area (Å²) in [5.74, 6) is -0.178. The summed E-state index contributed by atoms with van der Waals surface area (Å²) < 4.78 is 0. The monoisotopic (exact) mass is 329 g/mol. The highest BCUT2D eigenvalue weighted by atomic mass is 16.2. The second-order valence-electron chi connectivity index (χ2n) is 7.34. The van der Waals surface area contributed by atoms with Crippen molar-refractivity contribution in [3.8, 4) is 0 Å². The van der Waals surface area contributed by atoms with Gasteiger partial charge in [-0.1, -0.05) is 0 Å². The fourth-order valence-electron chi connectivity index (χ4n) is 4.37. The van der Waals surface area contributed by atoms with Gasteiger partial charge in [0, 0.05) is 25.3 Å². The highest BCUT2D eigenvalue weighted by Gasteiger charge is 2.47. The van der Waals surface area contributed by atoms with Crippen molar-refractivity contribution in [3.63, 3.8) is 0 Å². The number of rotatable bonds is 1. The number of nitrogens with one attached hydrogen (secondary N) is 2. The molecule has 2 N–H and O–H groups in total. The van der Waals surface area contributed by atoms with Crippen LogP contribution in [-0.4, -0.2) is 41.3 Å². The third-order valence-electron chi connectivity index (χ3n) is 5.81. The van der Waals surface area contributed by atoms with Gasteiger partial charge in [0.15, 0.2) is 0 Å². The maximum absolute atomic E-state index is 12.9. The molecule has 3 heterocycles. The van der Waals surface area contributed by atoms with E-state index in [4.69, 9.17) is 0 Å². The molecule has 4 rings (SSSR count). The average molecular weight is 329 g/mol. The Bertz CT molecular complexity index is 754. The molecule has 2 aliphatic heterocycles. The van der Waals surface area contributed by atoms with Gasteiger partial charge in [-0.25, -0.2) is 0 Å². The first-order valence-corrected chi connectivity index (χ1v) is 8.92. The first-order valence-electron chi connectivity index (χ1n) is 8.92. The Labute approximate surface area is 140 Å². The molecule has 3 aliphatic rings. The van der Waals surface area contributed by atoms with E-state index in [1.807, 2.05) is 0 Å². The summed E-state index contributed by atoms with van der Waals surface area (Å²) in [6.45, 7) is 1.69. The molecule has 1 aromatic heterocycles. The van der Waals surface area contributed by atoms with Gasteiger partial charge >= 0.3 is 0 Å². The van der Waals surface area contributed by atoms with Gasteiger partial charge in [0.2, 0.25) is 5.91 Å². The first kappa shape index (κ1) is 15.4. The van der Waals surface area contributed by atoms with Crippen LogP contribution in [0.2, 0.25) is 0 Å². The van der Waals surface area contributed by atoms with Crippen LogP contribution in [0.5, 0.6) is 0 Å². The zero-order valence-electron chi connectivity index (χ0n) is 13.8. The van der Waals surface area contributed by atoms with Gasteiger partial charge < -0.3 is 15.2 Å². The topological polar surface area (TPSA) is 82.3 Å². The molecule has 0 aromatic carbocycles. The SMILES string of the molecule is O=C(c1cc2c([nH]c1=O)CCCC2)N1CC[C@@]2(CCCNC2=O)C1. The third-order valence-corrected chi connectivity index (χ3v) is 5.81. The Hall–Kier alpha value is -2.11. The molecule has 0 radical (unpaired) electrons. The Kier molecular flexibility index (Phi) is 3.70. The second-order valence-corrected chi connectivity index (χ2v) is 7.34. The number of likely N-dealkylation sites (tertiary alicyclic amines) is 1. The van der Waals surface area contributed by atoms with Crippen molar-refractivity contribution in [1.29, 1.82) is 0 Å². The van der Waals surface area contributed by atoms with Crippen LogP contribution in [-0.2, 0) is 17.6 Å². The number of amides is 2. The van der Waals surface area contributed by atoms with Crippen LogP contribution in [0.4, 0.5) is 0 Å². The van der Waals surface area contributed by atoms with Crippen molar-refractivity contribution in [2.45, 2.75) is 44.9 Å². The fourth-order valence-corrected chi connectivity index (χ4v) is 4.37. The van der Waals surface area contributed by atoms with E-state index < -0.39 is 5.41 Å². The third kappa shape index (κ3) is 2.44. The summed E-state index contributed by atoms with van der Waals surface area (Å²) in [7, 11) is 0. The molecule has 1 atom stereocenters. The summed E-state index contributed by atoms with van der Waals surface area (Å²) in [5, 5.41) is 2.92. The summed E-state index contributed by atoms with van der Waals surface area (Å²) in [5.41, 5.74) is 1.55. The normalized spacial score (nSPS) is 26.3. The molecule has 1 aliphatic carbocycles. The summed E-state index contributed by atoms with van der Waals surface area (Å²) >= 11 is 0. The fraction of sp³-hybridized carbons (Fsp3) is 0.611. The van der Waals surface area contributed by atoms with Gasteiger partial charge in [-0.3, -0.25) is 14.4 Å². The van der Waals surface area contributed by atoms with Gasteiger partial charge in [0.05, 0.1) is 5.41 Å². The number of H-pyrrole nitrogens is 1. The summed E-state index contributed by atoms with van der Waals surface area (Å²) in [6, 6.07) is 1.78. The molecule has 0 saturated carbocycles. The Morgan fingerprint density at radius 3 is 2.79 bits per heavy atom. The highest BCUT2D eigenvalue weighted by Crippen LogP contribution is 2.37. The van der Waals surface area contributed by atoms with Gasteiger partial charge in [0.1, 0.15) is 5.56 Å². The molecule has 2 amide bonds. The van der Waals surface area contributed by atoms with E-state index in [-0.39, 0.29) is 22.9 Å². The number of aromatic nitrogens is 1. The first-order chi connectivity index (χ1) is 11.6. The zero-order valence-corrected chi connectivity index (χ0v) is 13.8. The zero-order chi connectivity index (χ0) is 16.7. The molecule has 6 nitrogen and oxygen atoms in total. The van der Waals surface area contributed by atoms with E-state index in [0.29, 0.717) is 19.5 Å². The Balaban J connectivity index is 1.59. The Morgan fingerprint density at radius 2 is 1.96 bits per heavy atom. The lowest BCUT2D eigenvalue weighted by molar-refractivity contribution is -0.132. The number of pyridine rings is 1. The molecule has 128 valence electrons. The van der Waals surface area contributed by atoms with Crippen LogP contribution in [0.25, 0.3) is 0 Å². The van der Waals surface area contributed by atoms with Crippen LogP contribution in [0, 0.1) is 5.41 Å². The van der Waals surface area contributed by atoms with E-state index in [9.17, 15) is 14.4 Å². The lowest BCUT2D eigenvalue weighted by atomic mass is 9.79. The molecule has 2 fully saturated rings. The van der Waals surface area contributed by atoms with Crippen molar-refractivity contribution < 1.29 is 9.59 Å². The highest BCUT2D eigenvalue weighted by molar-refractivity contribution is 5.95. The standard InChI is InChI=1S/C18H23N3O3/c22-15-13(10-12-4-1-2-5-14(12)20-15)16(23)21-9-7-18(11-21)6-3-8-19-17(18)24/h10H,1-9,11H2,(H,19,24)(H,20,22)/t18-/m0/s1. The van der Waals surface area contributed by atoms with Crippen LogP contribution < -0.4 is 10.9 Å². The van der Waals surface area contributed by atoms with Gasteiger partial charge in [-0.2, -0.15) is 0 Å². The average Bonchev–Trinajstić information content (AvgIpc) is 3.02. The van der Waals surface area contributed by atoms with Crippen LogP contribution in [0.3, 0.4) is 0 Å². The lowest BCUT2D eigenvalue weighted by Gasteiger charge is -2.32. The number of hydrogen-bond acceptors (Lipinski definition) is 3. The maximum Gasteiger partial charge on any atom is 0.261 e. The summed E-state index contributed by atoms with van der Waals surface area (Å²) in [4.78, 5) is 42.0. The number of piperidine rings is 1. The van der Waals surface area contributed by atoms with E-state index >= 15 is 0 Å². The number of hydrogen-bond donors (Lipinski definition) is 2. The minimum Gasteiger partial charge on any atom is -0.356 e. The molecule has 0 bridgehead atoms. The van der Waals surface area contributed by atoms with Crippen LogP contribution in [0.15, 0.2) is 10.9 Å². The van der Waals surface area contributed by atoms with Crippen LogP contribution in [0.1, 0.15) is 53.7 Å². The molecule has 1 spiro atoms. The smallest absolute Gasteiger partial charge is 0.261 e. The van der Waals surface area contributed by atoms with Crippen molar-refractivity contribution in [1.82, 2.24) is 15.2 Å². The number of carbonyl (C=O) groups excluding carboxylic acids is 2. The van der Waals surface area contributed by atoms with Crippen molar-refractivity contribution in [3.05, 3.63) is 33.2 Å². The second kappa shape index (κ2) is 5.76. The van der Waals surface area contributed by atoms with Gasteiger partial charge in [0.25, 0.3) is 11.5 Å². The van der Waals surface area contributed by atoms with Gasteiger partial charge in [-0.05, 0) is 56.6 Å². The molecule has 1 aromatic rings. The van der Waals surface area contributed by atoms with Crippen LogP contribution >= 0.6 is 0 Å². The number of nitrogens with zero attached hydrogens (tertiary/aromatic N) is 1. The molecular weight excluding hydrogens is 306 g/mol. The minimum absolute atomic E-state index is 0.0587. The molecule has 6 heteroatoms. The van der Waals surface area contributed by atoms with E-state index in [0.717, 1.165) is 56.3 Å².